The van der Waals surface area contributed by atoms with E-state index in [-0.39, 0.29) is 39.0 Å². The van der Waals surface area contributed by atoms with E-state index in [1.807, 2.05) is 6.07 Å². The summed E-state index contributed by atoms with van der Waals surface area (Å²) in [7, 11) is 0. The maximum Gasteiger partial charge on any atom is 0.408 e. The van der Waals surface area contributed by atoms with Crippen LogP contribution in [-0.2, 0) is 25.5 Å². The fourth-order valence-corrected chi connectivity index (χ4v) is 4.21. The lowest BCUT2D eigenvalue weighted by Gasteiger charge is -2.30. The lowest BCUT2D eigenvalue weighted by molar-refractivity contribution is -0.126. The molecule has 47 heavy (non-hydrogen) atoms. The van der Waals surface area contributed by atoms with Gasteiger partial charge in [0.25, 0.3) is 0 Å². The minimum atomic E-state index is -1.29. The molecule has 0 aliphatic rings. The summed E-state index contributed by atoms with van der Waals surface area (Å²) in [5.74, 6) is -0.566. The van der Waals surface area contributed by atoms with Gasteiger partial charge < -0.3 is 40.6 Å². The molecule has 1 rings (SSSR count). The molecule has 1 aromatic carbocycles. The molecular formula is C33H55N5O9. The zero-order valence-corrected chi connectivity index (χ0v) is 29.4. The van der Waals surface area contributed by atoms with Crippen LogP contribution in [0.25, 0.3) is 0 Å². The average molecular weight is 666 g/mol. The number of rotatable bonds is 15. The van der Waals surface area contributed by atoms with E-state index in [1.54, 1.807) is 86.6 Å². The summed E-state index contributed by atoms with van der Waals surface area (Å²) in [4.78, 5) is 63.8. The van der Waals surface area contributed by atoms with Gasteiger partial charge in [-0.25, -0.2) is 19.2 Å². The first kappa shape index (κ1) is 40.8. The Kier molecular flexibility index (Phi) is 16.3. The third-order valence-corrected chi connectivity index (χ3v) is 6.08. The van der Waals surface area contributed by atoms with Crippen molar-refractivity contribution in [1.29, 1.82) is 0 Å². The van der Waals surface area contributed by atoms with Crippen molar-refractivity contribution in [3.63, 3.8) is 0 Å². The largest absolute Gasteiger partial charge is 0.465 e. The Morgan fingerprint density at radius 1 is 0.702 bits per heavy atom. The Balaban J connectivity index is 3.03. The summed E-state index contributed by atoms with van der Waals surface area (Å²) in [6.45, 7) is 16.0. The molecule has 0 aromatic heterocycles. The molecule has 5 amide bonds. The number of ether oxygens (including phenoxy) is 3. The Morgan fingerprint density at radius 3 is 1.64 bits per heavy atom. The molecule has 0 heterocycles. The van der Waals surface area contributed by atoms with Crippen LogP contribution in [0.1, 0.15) is 93.6 Å². The molecule has 0 bridgehead atoms. The summed E-state index contributed by atoms with van der Waals surface area (Å²) in [5, 5.41) is 21.0. The van der Waals surface area contributed by atoms with E-state index in [4.69, 9.17) is 14.2 Å². The third kappa shape index (κ3) is 19.8. The summed E-state index contributed by atoms with van der Waals surface area (Å²) >= 11 is 0. The number of hydrogen-bond acceptors (Lipinski definition) is 8. The first-order valence-electron chi connectivity index (χ1n) is 15.9. The number of nitrogens with one attached hydrogen (secondary N) is 4. The molecule has 5 N–H and O–H groups in total. The van der Waals surface area contributed by atoms with Gasteiger partial charge in [0.1, 0.15) is 22.8 Å². The van der Waals surface area contributed by atoms with Crippen LogP contribution in [0, 0.1) is 0 Å². The van der Waals surface area contributed by atoms with E-state index in [0.29, 0.717) is 18.4 Å². The molecule has 14 nitrogen and oxygen atoms in total. The summed E-state index contributed by atoms with van der Waals surface area (Å²) in [6, 6.07) is 7.18. The van der Waals surface area contributed by atoms with Gasteiger partial charge in [0, 0.05) is 32.2 Å². The number of amides is 5. The van der Waals surface area contributed by atoms with E-state index in [9.17, 15) is 29.1 Å². The van der Waals surface area contributed by atoms with Gasteiger partial charge in [-0.2, -0.15) is 0 Å². The van der Waals surface area contributed by atoms with E-state index >= 15 is 0 Å². The number of benzene rings is 1. The molecule has 0 aliphatic carbocycles. The van der Waals surface area contributed by atoms with Gasteiger partial charge >= 0.3 is 24.4 Å². The predicted octanol–water partition coefficient (Wildman–Crippen LogP) is 5.15. The Bertz CT molecular complexity index is 1160. The predicted molar refractivity (Wildman–Crippen MR) is 177 cm³/mol. The second-order valence-electron chi connectivity index (χ2n) is 14.1. The van der Waals surface area contributed by atoms with E-state index in [2.05, 4.69) is 21.3 Å². The maximum absolute atomic E-state index is 13.6. The van der Waals surface area contributed by atoms with Gasteiger partial charge in [0.15, 0.2) is 0 Å². The van der Waals surface area contributed by atoms with Crippen LogP contribution < -0.4 is 21.3 Å². The quantitative estimate of drug-likeness (QED) is 0.125. The fourth-order valence-electron chi connectivity index (χ4n) is 4.21. The number of hydrogen-bond donors (Lipinski definition) is 5. The molecule has 0 saturated carbocycles. The van der Waals surface area contributed by atoms with Gasteiger partial charge in [-0.3, -0.25) is 9.69 Å². The lowest BCUT2D eigenvalue weighted by Crippen LogP contribution is -2.52. The van der Waals surface area contributed by atoms with Crippen LogP contribution in [0.4, 0.5) is 19.2 Å². The number of carbonyl (C=O) groups excluding carboxylic acids is 4. The van der Waals surface area contributed by atoms with Crippen LogP contribution in [0.3, 0.4) is 0 Å². The standard InChI is InChI=1S/C33H55N5O9/c1-31(2,3)45-27(40)34-19-13-17-24(37-29(42)47-33(7,8)9)21-36-26(39)25(18-14-20-35-28(41)46-32(4,5)6)38(30(43)44)22-23-15-11-10-12-16-23/h10-12,15-16,24-25H,13-14,17-22H2,1-9H3,(H,34,40)(H,35,41)(H,36,39)(H,37,42)(H,43,44)/t24-,25-/m0/s1. The highest BCUT2D eigenvalue weighted by Crippen LogP contribution is 2.15. The third-order valence-electron chi connectivity index (χ3n) is 6.08. The topological polar surface area (TPSA) is 185 Å². The normalized spacial score (nSPS) is 13.0. The van der Waals surface area contributed by atoms with Crippen LogP contribution in [0.15, 0.2) is 30.3 Å². The Labute approximate surface area is 278 Å². The number of alkyl carbamates (subject to hydrolysis) is 3. The number of carboxylic acid groups (broad SMARTS) is 1. The van der Waals surface area contributed by atoms with Gasteiger partial charge in [0.2, 0.25) is 5.91 Å². The highest BCUT2D eigenvalue weighted by Gasteiger charge is 2.30. The SMILES string of the molecule is CC(C)(C)OC(=O)NCCC[C@@H](CNC(=O)[C@H](CCCNC(=O)OC(C)(C)C)N(Cc1ccccc1)C(=O)O)NC(=O)OC(C)(C)C. The van der Waals surface area contributed by atoms with Crippen molar-refractivity contribution in [3.05, 3.63) is 35.9 Å². The molecule has 0 unspecified atom stereocenters. The second-order valence-corrected chi connectivity index (χ2v) is 14.1. The van der Waals surface area contributed by atoms with E-state index in [1.165, 1.54) is 0 Å². The zero-order valence-electron chi connectivity index (χ0n) is 29.4. The highest BCUT2D eigenvalue weighted by molar-refractivity contribution is 5.85. The van der Waals surface area contributed by atoms with Crippen molar-refractivity contribution >= 4 is 30.3 Å². The van der Waals surface area contributed by atoms with Crippen LogP contribution >= 0.6 is 0 Å². The van der Waals surface area contributed by atoms with Gasteiger partial charge in [0.05, 0.1) is 0 Å². The summed E-state index contributed by atoms with van der Waals surface area (Å²) < 4.78 is 15.9. The van der Waals surface area contributed by atoms with Crippen LogP contribution in [0.2, 0.25) is 0 Å². The maximum atomic E-state index is 13.6. The van der Waals surface area contributed by atoms with Crippen molar-refractivity contribution in [1.82, 2.24) is 26.2 Å². The van der Waals surface area contributed by atoms with E-state index in [0.717, 1.165) is 4.90 Å². The smallest absolute Gasteiger partial charge is 0.408 e. The monoisotopic (exact) mass is 665 g/mol. The Hall–Kier alpha value is -4.23. The number of nitrogens with zero attached hydrogens (tertiary/aromatic N) is 1. The van der Waals surface area contributed by atoms with E-state index < -0.39 is 59.2 Å². The van der Waals surface area contributed by atoms with Crippen molar-refractivity contribution in [3.8, 4) is 0 Å². The van der Waals surface area contributed by atoms with Crippen molar-refractivity contribution in [2.75, 3.05) is 19.6 Å². The molecule has 14 heteroatoms. The van der Waals surface area contributed by atoms with Crippen LogP contribution in [0.5, 0.6) is 0 Å². The zero-order chi connectivity index (χ0) is 35.8. The summed E-state index contributed by atoms with van der Waals surface area (Å²) in [5.41, 5.74) is -1.39. The minimum Gasteiger partial charge on any atom is -0.465 e. The summed E-state index contributed by atoms with van der Waals surface area (Å²) in [6.07, 6.45) is -1.98. The molecule has 0 aliphatic heterocycles. The van der Waals surface area contributed by atoms with Crippen molar-refractivity contribution in [2.24, 2.45) is 0 Å². The molecule has 1 aromatic rings. The lowest BCUT2D eigenvalue weighted by atomic mass is 10.1. The highest BCUT2D eigenvalue weighted by atomic mass is 16.6. The average Bonchev–Trinajstić information content (AvgIpc) is 2.90. The van der Waals surface area contributed by atoms with Crippen molar-refractivity contribution in [2.45, 2.75) is 123 Å². The Morgan fingerprint density at radius 2 is 1.17 bits per heavy atom. The molecule has 0 radical (unpaired) electrons. The molecule has 2 atom stereocenters. The van der Waals surface area contributed by atoms with Gasteiger partial charge in [-0.05, 0) is 93.6 Å². The molecular weight excluding hydrogens is 610 g/mol. The number of carbonyl (C=O) groups is 5. The fraction of sp³-hybridized carbons (Fsp3) is 0.667. The molecule has 266 valence electrons. The molecule has 0 spiro atoms. The second kappa shape index (κ2) is 18.8. The van der Waals surface area contributed by atoms with Gasteiger partial charge in [-0.15, -0.1) is 0 Å². The molecule has 0 saturated heterocycles. The first-order chi connectivity index (χ1) is 21.6. The van der Waals surface area contributed by atoms with Crippen LogP contribution in [-0.4, -0.2) is 88.8 Å². The molecule has 0 fully saturated rings. The minimum absolute atomic E-state index is 0.0318. The van der Waals surface area contributed by atoms with Crippen molar-refractivity contribution < 1.29 is 43.3 Å². The van der Waals surface area contributed by atoms with Gasteiger partial charge in [-0.1, -0.05) is 30.3 Å². The first-order valence-corrected chi connectivity index (χ1v) is 15.9.